The average Bonchev–Trinajstić information content (AvgIpc) is 2.23. The lowest BCUT2D eigenvalue weighted by Crippen LogP contribution is -1.94. The van der Waals surface area contributed by atoms with Crippen LogP contribution in [0.4, 0.5) is 11.4 Å². The van der Waals surface area contributed by atoms with Crippen LogP contribution in [0.5, 0.6) is 5.75 Å². The van der Waals surface area contributed by atoms with Crippen molar-refractivity contribution in [3.63, 3.8) is 0 Å². The zero-order valence-corrected chi connectivity index (χ0v) is 9.07. The number of anilines is 2. The van der Waals surface area contributed by atoms with Crippen LogP contribution in [-0.4, -0.2) is 5.11 Å². The van der Waals surface area contributed by atoms with Crippen LogP contribution in [0.1, 0.15) is 5.56 Å². The van der Waals surface area contributed by atoms with E-state index in [2.05, 4.69) is 0 Å². The van der Waals surface area contributed by atoms with Crippen LogP contribution >= 0.6 is 0 Å². The number of nitrogens with two attached hydrogens (primary N) is 2. The van der Waals surface area contributed by atoms with E-state index < -0.39 is 0 Å². The minimum absolute atomic E-state index is 0.190. The molecule has 2 aromatic carbocycles. The first-order chi connectivity index (χ1) is 7.59. The van der Waals surface area contributed by atoms with E-state index >= 15 is 0 Å². The molecule has 0 spiro atoms. The second-order valence-corrected chi connectivity index (χ2v) is 3.82. The molecule has 0 fully saturated rings. The van der Waals surface area contributed by atoms with Crippen LogP contribution in [0.3, 0.4) is 0 Å². The highest BCUT2D eigenvalue weighted by Gasteiger charge is 2.10. The van der Waals surface area contributed by atoms with E-state index in [1.165, 1.54) is 0 Å². The van der Waals surface area contributed by atoms with E-state index in [1.807, 2.05) is 25.1 Å². The molecule has 0 aliphatic heterocycles. The number of phenolic OH excluding ortho intramolecular Hbond substituents is 1. The molecule has 2 aromatic rings. The van der Waals surface area contributed by atoms with Crippen molar-refractivity contribution in [1.29, 1.82) is 0 Å². The van der Waals surface area contributed by atoms with Crippen LogP contribution in [0.2, 0.25) is 0 Å². The minimum Gasteiger partial charge on any atom is -0.507 e. The fourth-order valence-electron chi connectivity index (χ4n) is 1.81. The predicted molar refractivity (Wildman–Crippen MR) is 67.1 cm³/mol. The predicted octanol–water partition coefficient (Wildman–Crippen LogP) is 2.53. The molecule has 3 heteroatoms. The zero-order chi connectivity index (χ0) is 11.7. The van der Waals surface area contributed by atoms with Crippen LogP contribution in [0, 0.1) is 6.92 Å². The number of rotatable bonds is 1. The van der Waals surface area contributed by atoms with E-state index in [9.17, 15) is 5.11 Å². The molecule has 0 bridgehead atoms. The van der Waals surface area contributed by atoms with Gasteiger partial charge in [-0.15, -0.1) is 0 Å². The molecular formula is C13H14N2O. The van der Waals surface area contributed by atoms with Crippen molar-refractivity contribution in [2.45, 2.75) is 6.92 Å². The summed E-state index contributed by atoms with van der Waals surface area (Å²) in [5.41, 5.74) is 15.4. The molecule has 16 heavy (non-hydrogen) atoms. The molecule has 0 atom stereocenters. The Labute approximate surface area is 94.3 Å². The molecule has 0 saturated carbocycles. The highest BCUT2D eigenvalue weighted by Crippen LogP contribution is 2.36. The third kappa shape index (κ3) is 1.67. The van der Waals surface area contributed by atoms with Crippen molar-refractivity contribution < 1.29 is 5.11 Å². The second kappa shape index (κ2) is 3.77. The highest BCUT2D eigenvalue weighted by atomic mass is 16.3. The number of hydrogen-bond donors (Lipinski definition) is 3. The number of hydrogen-bond acceptors (Lipinski definition) is 3. The quantitative estimate of drug-likeness (QED) is 0.504. The smallest absolute Gasteiger partial charge is 0.123 e. The summed E-state index contributed by atoms with van der Waals surface area (Å²) in [7, 11) is 0. The maximum absolute atomic E-state index is 9.83. The monoisotopic (exact) mass is 214 g/mol. The summed E-state index contributed by atoms with van der Waals surface area (Å²) in [6.45, 7) is 1.95. The van der Waals surface area contributed by atoms with Gasteiger partial charge in [-0.2, -0.15) is 0 Å². The van der Waals surface area contributed by atoms with Crippen LogP contribution in [0.25, 0.3) is 11.1 Å². The van der Waals surface area contributed by atoms with Gasteiger partial charge in [-0.05, 0) is 36.8 Å². The Morgan fingerprint density at radius 2 is 1.81 bits per heavy atom. The summed E-state index contributed by atoms with van der Waals surface area (Å²) in [4.78, 5) is 0. The number of phenols is 1. The van der Waals surface area contributed by atoms with Gasteiger partial charge in [0.2, 0.25) is 0 Å². The van der Waals surface area contributed by atoms with Crippen molar-refractivity contribution in [1.82, 2.24) is 0 Å². The molecule has 0 amide bonds. The lowest BCUT2D eigenvalue weighted by Gasteiger charge is -2.11. The first-order valence-electron chi connectivity index (χ1n) is 5.03. The number of aryl methyl sites for hydroxylation is 1. The maximum Gasteiger partial charge on any atom is 0.123 e. The van der Waals surface area contributed by atoms with E-state index in [0.717, 1.165) is 11.1 Å². The first kappa shape index (κ1) is 10.4. The largest absolute Gasteiger partial charge is 0.507 e. The number of aromatic hydroxyl groups is 1. The Hall–Kier alpha value is -2.16. The maximum atomic E-state index is 9.83. The molecule has 5 N–H and O–H groups in total. The number of nitrogen functional groups attached to an aromatic ring is 2. The van der Waals surface area contributed by atoms with Crippen LogP contribution in [0.15, 0.2) is 36.4 Å². The topological polar surface area (TPSA) is 72.3 Å². The summed E-state index contributed by atoms with van der Waals surface area (Å²) < 4.78 is 0. The molecule has 0 aliphatic rings. The fraction of sp³-hybridized carbons (Fsp3) is 0.0769. The summed E-state index contributed by atoms with van der Waals surface area (Å²) in [6.07, 6.45) is 0. The minimum atomic E-state index is 0.190. The molecular weight excluding hydrogens is 200 g/mol. The lowest BCUT2D eigenvalue weighted by molar-refractivity contribution is 0.477. The van der Waals surface area contributed by atoms with Gasteiger partial charge in [0.25, 0.3) is 0 Å². The molecule has 82 valence electrons. The molecule has 0 radical (unpaired) electrons. The molecule has 0 aromatic heterocycles. The Kier molecular flexibility index (Phi) is 2.44. The first-order valence-corrected chi connectivity index (χ1v) is 5.03. The fourth-order valence-corrected chi connectivity index (χ4v) is 1.81. The van der Waals surface area contributed by atoms with E-state index in [4.69, 9.17) is 11.5 Å². The Balaban J connectivity index is 2.72. The van der Waals surface area contributed by atoms with Gasteiger partial charge >= 0.3 is 0 Å². The van der Waals surface area contributed by atoms with Gasteiger partial charge in [0.1, 0.15) is 5.75 Å². The van der Waals surface area contributed by atoms with Gasteiger partial charge in [-0.1, -0.05) is 12.1 Å². The second-order valence-electron chi connectivity index (χ2n) is 3.82. The summed E-state index contributed by atoms with van der Waals surface area (Å²) >= 11 is 0. The Morgan fingerprint density at radius 1 is 1.06 bits per heavy atom. The van der Waals surface area contributed by atoms with Crippen molar-refractivity contribution in [2.75, 3.05) is 11.5 Å². The molecule has 0 aliphatic carbocycles. The van der Waals surface area contributed by atoms with Gasteiger partial charge in [0.05, 0.1) is 0 Å². The SMILES string of the molecule is Cc1cccc(N)c1-c1cc(N)ccc1O. The van der Waals surface area contributed by atoms with Crippen LogP contribution in [-0.2, 0) is 0 Å². The lowest BCUT2D eigenvalue weighted by atomic mass is 9.97. The summed E-state index contributed by atoms with van der Waals surface area (Å²) in [6, 6.07) is 10.6. The Morgan fingerprint density at radius 3 is 2.50 bits per heavy atom. The third-order valence-electron chi connectivity index (χ3n) is 2.59. The van der Waals surface area contributed by atoms with Gasteiger partial charge in [0.15, 0.2) is 0 Å². The van der Waals surface area contributed by atoms with Gasteiger partial charge < -0.3 is 16.6 Å². The molecule has 2 rings (SSSR count). The normalized spacial score (nSPS) is 10.3. The highest BCUT2D eigenvalue weighted by molar-refractivity contribution is 5.84. The van der Waals surface area contributed by atoms with Gasteiger partial charge in [-0.3, -0.25) is 0 Å². The van der Waals surface area contributed by atoms with Gasteiger partial charge in [-0.25, -0.2) is 0 Å². The third-order valence-corrected chi connectivity index (χ3v) is 2.59. The Bertz CT molecular complexity index is 515. The molecule has 3 nitrogen and oxygen atoms in total. The van der Waals surface area contributed by atoms with E-state index in [1.54, 1.807) is 18.2 Å². The molecule has 0 heterocycles. The van der Waals surface area contributed by atoms with Gasteiger partial charge in [0, 0.05) is 22.5 Å². The van der Waals surface area contributed by atoms with Crippen molar-refractivity contribution >= 4 is 11.4 Å². The average molecular weight is 214 g/mol. The summed E-state index contributed by atoms with van der Waals surface area (Å²) in [5, 5.41) is 9.83. The number of benzene rings is 2. The van der Waals surface area contributed by atoms with Crippen molar-refractivity contribution in [2.24, 2.45) is 0 Å². The standard InChI is InChI=1S/C13H14N2O/c1-8-3-2-4-11(15)13(8)10-7-9(14)5-6-12(10)16/h2-7,16H,14-15H2,1H3. The molecule has 0 saturated heterocycles. The molecule has 0 unspecified atom stereocenters. The van der Waals surface area contributed by atoms with Crippen LogP contribution < -0.4 is 11.5 Å². The zero-order valence-electron chi connectivity index (χ0n) is 9.07. The summed E-state index contributed by atoms with van der Waals surface area (Å²) in [5.74, 6) is 0.190. The van der Waals surface area contributed by atoms with Crippen molar-refractivity contribution in [3.8, 4) is 16.9 Å². The van der Waals surface area contributed by atoms with E-state index in [-0.39, 0.29) is 5.75 Å². The van der Waals surface area contributed by atoms with Crippen molar-refractivity contribution in [3.05, 3.63) is 42.0 Å². The van der Waals surface area contributed by atoms with E-state index in [0.29, 0.717) is 16.9 Å².